The highest BCUT2D eigenvalue weighted by Gasteiger charge is 2.07. The third-order valence-corrected chi connectivity index (χ3v) is 2.29. The van der Waals surface area contributed by atoms with E-state index in [1.165, 1.54) is 11.1 Å². The highest BCUT2D eigenvalue weighted by Crippen LogP contribution is 2.20. The summed E-state index contributed by atoms with van der Waals surface area (Å²) in [6.07, 6.45) is 4.05. The molecule has 0 saturated carbocycles. The summed E-state index contributed by atoms with van der Waals surface area (Å²) < 4.78 is 0. The van der Waals surface area contributed by atoms with E-state index in [1.54, 1.807) is 0 Å². The van der Waals surface area contributed by atoms with Crippen molar-refractivity contribution in [2.75, 3.05) is 19.0 Å². The van der Waals surface area contributed by atoms with Crippen LogP contribution in [0.4, 0.5) is 5.82 Å². The van der Waals surface area contributed by atoms with Gasteiger partial charge < -0.3 is 11.1 Å². The fourth-order valence-corrected chi connectivity index (χ4v) is 1.62. The lowest BCUT2D eigenvalue weighted by molar-refractivity contribution is 0.965. The van der Waals surface area contributed by atoms with E-state index in [9.17, 15) is 0 Å². The summed E-state index contributed by atoms with van der Waals surface area (Å²) >= 11 is 0. The Labute approximate surface area is 86.7 Å². The maximum absolute atomic E-state index is 4.38. The van der Waals surface area contributed by atoms with Crippen LogP contribution in [0.2, 0.25) is 0 Å². The summed E-state index contributed by atoms with van der Waals surface area (Å²) in [5.74, 6) is 1.11. The molecule has 1 heterocycles. The molecule has 0 aliphatic heterocycles. The van der Waals surface area contributed by atoms with Gasteiger partial charge in [-0.1, -0.05) is 13.8 Å². The number of pyridine rings is 1. The minimum absolute atomic E-state index is 0. The van der Waals surface area contributed by atoms with Gasteiger partial charge in [-0.05, 0) is 30.0 Å². The van der Waals surface area contributed by atoms with Crippen LogP contribution in [0.15, 0.2) is 12.3 Å². The summed E-state index contributed by atoms with van der Waals surface area (Å²) in [7, 11) is 4.09. The Morgan fingerprint density at radius 2 is 1.86 bits per heavy atom. The lowest BCUT2D eigenvalue weighted by Gasteiger charge is -2.17. The number of hydrogen-bond acceptors (Lipinski definition) is 3. The van der Waals surface area contributed by atoms with Crippen LogP contribution in [0.1, 0.15) is 25.0 Å². The third-order valence-electron chi connectivity index (χ3n) is 2.29. The van der Waals surface area contributed by atoms with E-state index in [-0.39, 0.29) is 6.15 Å². The average molecular weight is 195 g/mol. The molecular weight excluding hydrogens is 174 g/mol. The van der Waals surface area contributed by atoms with Crippen LogP contribution in [0.3, 0.4) is 0 Å². The van der Waals surface area contributed by atoms with Crippen LogP contribution >= 0.6 is 0 Å². The molecule has 1 aromatic heterocycles. The van der Waals surface area contributed by atoms with Gasteiger partial charge in [-0.15, -0.1) is 0 Å². The van der Waals surface area contributed by atoms with Crippen LogP contribution in [-0.2, 0) is 12.8 Å². The number of hydrogen-bond donors (Lipinski definition) is 1. The summed E-state index contributed by atoms with van der Waals surface area (Å²) in [6, 6.07) is 2.12. The van der Waals surface area contributed by atoms with Gasteiger partial charge in [0.2, 0.25) is 0 Å². The van der Waals surface area contributed by atoms with Crippen molar-refractivity contribution in [3.63, 3.8) is 0 Å². The Morgan fingerprint density at radius 1 is 1.21 bits per heavy atom. The molecule has 0 spiro atoms. The topological polar surface area (TPSA) is 51.1 Å². The zero-order chi connectivity index (χ0) is 9.84. The number of nitrogens with zero attached hydrogens (tertiary/aromatic N) is 2. The minimum Gasteiger partial charge on any atom is -0.363 e. The average Bonchev–Trinajstić information content (AvgIpc) is 2.16. The summed E-state index contributed by atoms with van der Waals surface area (Å²) in [5.41, 5.74) is 2.80. The van der Waals surface area contributed by atoms with Gasteiger partial charge in [0.25, 0.3) is 0 Å². The first-order chi connectivity index (χ1) is 6.20. The van der Waals surface area contributed by atoms with E-state index < -0.39 is 0 Å². The van der Waals surface area contributed by atoms with Crippen molar-refractivity contribution in [3.05, 3.63) is 23.4 Å². The first-order valence-corrected chi connectivity index (χ1v) is 4.84. The summed E-state index contributed by atoms with van der Waals surface area (Å²) in [5, 5.41) is 0. The second-order valence-corrected chi connectivity index (χ2v) is 3.37. The molecule has 0 aliphatic carbocycles. The van der Waals surface area contributed by atoms with Crippen molar-refractivity contribution in [1.82, 2.24) is 11.1 Å². The van der Waals surface area contributed by atoms with Gasteiger partial charge in [-0.25, -0.2) is 4.98 Å². The molecule has 0 aliphatic rings. The van der Waals surface area contributed by atoms with Crippen molar-refractivity contribution in [2.24, 2.45) is 0 Å². The zero-order valence-electron chi connectivity index (χ0n) is 9.67. The standard InChI is InChI=1S/C11H18N2.H3N/c1-5-9-7-8-12-11(13(3)4)10(9)6-2;/h7-8H,5-6H2,1-4H3;1H3. The predicted octanol–water partition coefficient (Wildman–Crippen LogP) is 2.43. The monoisotopic (exact) mass is 195 g/mol. The molecule has 1 aromatic rings. The van der Waals surface area contributed by atoms with Gasteiger partial charge >= 0.3 is 0 Å². The smallest absolute Gasteiger partial charge is 0.131 e. The molecule has 3 nitrogen and oxygen atoms in total. The molecule has 1 rings (SSSR count). The Hall–Kier alpha value is -1.09. The molecule has 14 heavy (non-hydrogen) atoms. The van der Waals surface area contributed by atoms with Crippen molar-refractivity contribution in [3.8, 4) is 0 Å². The van der Waals surface area contributed by atoms with Crippen molar-refractivity contribution < 1.29 is 0 Å². The Morgan fingerprint density at radius 3 is 2.29 bits per heavy atom. The molecule has 0 fully saturated rings. The van der Waals surface area contributed by atoms with Crippen molar-refractivity contribution >= 4 is 5.82 Å². The minimum atomic E-state index is 0. The van der Waals surface area contributed by atoms with Crippen LogP contribution in [0.5, 0.6) is 0 Å². The predicted molar refractivity (Wildman–Crippen MR) is 62.3 cm³/mol. The van der Waals surface area contributed by atoms with E-state index in [0.29, 0.717) is 0 Å². The molecule has 0 radical (unpaired) electrons. The highest BCUT2D eigenvalue weighted by molar-refractivity contribution is 5.49. The van der Waals surface area contributed by atoms with Crippen molar-refractivity contribution in [2.45, 2.75) is 26.7 Å². The Kier molecular flexibility index (Phi) is 5.16. The number of aryl methyl sites for hydroxylation is 1. The molecular formula is C11H21N3. The van der Waals surface area contributed by atoms with E-state index in [2.05, 4.69) is 29.8 Å². The molecule has 3 heteroatoms. The number of anilines is 1. The van der Waals surface area contributed by atoms with Crippen LogP contribution < -0.4 is 11.1 Å². The molecule has 0 bridgehead atoms. The van der Waals surface area contributed by atoms with E-state index in [1.807, 2.05) is 20.3 Å². The maximum atomic E-state index is 4.38. The fraction of sp³-hybridized carbons (Fsp3) is 0.545. The van der Waals surface area contributed by atoms with Gasteiger partial charge in [0.1, 0.15) is 5.82 Å². The zero-order valence-corrected chi connectivity index (χ0v) is 9.67. The molecule has 0 saturated heterocycles. The first kappa shape index (κ1) is 12.9. The molecule has 0 aromatic carbocycles. The summed E-state index contributed by atoms with van der Waals surface area (Å²) in [6.45, 7) is 4.37. The van der Waals surface area contributed by atoms with Crippen LogP contribution in [0.25, 0.3) is 0 Å². The molecule has 0 atom stereocenters. The molecule has 0 amide bonds. The first-order valence-electron chi connectivity index (χ1n) is 4.84. The Balaban J connectivity index is 0.00000169. The van der Waals surface area contributed by atoms with Crippen LogP contribution in [-0.4, -0.2) is 19.1 Å². The SMILES string of the molecule is CCc1ccnc(N(C)C)c1CC.N. The quantitative estimate of drug-likeness (QED) is 0.806. The van der Waals surface area contributed by atoms with Gasteiger partial charge in [-0.2, -0.15) is 0 Å². The van der Waals surface area contributed by atoms with Crippen LogP contribution in [0, 0.1) is 0 Å². The largest absolute Gasteiger partial charge is 0.363 e. The normalized spacial score (nSPS) is 9.43. The number of rotatable bonds is 3. The molecule has 0 unspecified atom stereocenters. The van der Waals surface area contributed by atoms with Gasteiger partial charge in [0, 0.05) is 20.3 Å². The van der Waals surface area contributed by atoms with E-state index >= 15 is 0 Å². The van der Waals surface area contributed by atoms with E-state index in [4.69, 9.17) is 0 Å². The summed E-state index contributed by atoms with van der Waals surface area (Å²) in [4.78, 5) is 6.46. The lowest BCUT2D eigenvalue weighted by atomic mass is 10.0. The molecule has 80 valence electrons. The van der Waals surface area contributed by atoms with E-state index in [0.717, 1.165) is 18.7 Å². The maximum Gasteiger partial charge on any atom is 0.131 e. The van der Waals surface area contributed by atoms with Gasteiger partial charge in [0.15, 0.2) is 0 Å². The Bertz CT molecular complexity index is 282. The molecule has 3 N–H and O–H groups in total. The fourth-order valence-electron chi connectivity index (χ4n) is 1.62. The second-order valence-electron chi connectivity index (χ2n) is 3.37. The van der Waals surface area contributed by atoms with Gasteiger partial charge in [0.05, 0.1) is 0 Å². The van der Waals surface area contributed by atoms with Gasteiger partial charge in [-0.3, -0.25) is 0 Å². The number of aromatic nitrogens is 1. The highest BCUT2D eigenvalue weighted by atomic mass is 15.1. The third kappa shape index (κ3) is 2.45. The lowest BCUT2D eigenvalue weighted by Crippen LogP contribution is -2.14. The second kappa shape index (κ2) is 5.60. The van der Waals surface area contributed by atoms with Crippen molar-refractivity contribution in [1.29, 1.82) is 0 Å².